The molecule has 2 aromatic heterocycles. The van der Waals surface area contributed by atoms with E-state index >= 15 is 0 Å². The van der Waals surface area contributed by atoms with E-state index in [0.717, 1.165) is 54.8 Å². The van der Waals surface area contributed by atoms with Crippen molar-refractivity contribution in [3.63, 3.8) is 0 Å². The van der Waals surface area contributed by atoms with Crippen molar-refractivity contribution in [1.82, 2.24) is 41.5 Å². The molecule has 11 heteroatoms. The van der Waals surface area contributed by atoms with Crippen LogP contribution in [0.3, 0.4) is 0 Å². The largest absolute Gasteiger partial charge is 0.424 e. The number of rotatable bonds is 5. The van der Waals surface area contributed by atoms with Gasteiger partial charge in [-0.15, -0.1) is 10.2 Å². The number of carbonyl (C=O) groups excluding carboxylic acids is 1. The summed E-state index contributed by atoms with van der Waals surface area (Å²) < 4.78 is 5.99. The van der Waals surface area contributed by atoms with Crippen LogP contribution in [0.15, 0.2) is 46.3 Å². The number of benzene rings is 1. The van der Waals surface area contributed by atoms with Gasteiger partial charge < -0.3 is 25.5 Å². The van der Waals surface area contributed by atoms with Gasteiger partial charge in [-0.25, -0.2) is 9.97 Å². The molecule has 36 heavy (non-hydrogen) atoms. The number of hydrogen-bond acceptors (Lipinski definition) is 10. The maximum atomic E-state index is 12.9. The third-order valence-electron chi connectivity index (χ3n) is 7.52. The van der Waals surface area contributed by atoms with E-state index in [9.17, 15) is 4.79 Å². The number of aromatic nitrogens is 4. The van der Waals surface area contributed by atoms with Crippen molar-refractivity contribution < 1.29 is 9.21 Å². The summed E-state index contributed by atoms with van der Waals surface area (Å²) in [5.41, 5.74) is 15.9. The Balaban J connectivity index is 1.03. The summed E-state index contributed by atoms with van der Waals surface area (Å²) >= 11 is 0. The first-order valence-corrected chi connectivity index (χ1v) is 12.5. The van der Waals surface area contributed by atoms with Crippen molar-refractivity contribution in [1.29, 1.82) is 0 Å². The Bertz CT molecular complexity index is 1340. The van der Waals surface area contributed by atoms with Crippen molar-refractivity contribution in [3.8, 4) is 0 Å². The zero-order valence-electron chi connectivity index (χ0n) is 19.8. The van der Waals surface area contributed by atoms with E-state index in [0.29, 0.717) is 30.8 Å². The first-order valence-electron chi connectivity index (χ1n) is 12.5. The van der Waals surface area contributed by atoms with Crippen LogP contribution in [-0.2, 0) is 30.5 Å². The van der Waals surface area contributed by atoms with Crippen LogP contribution in [0.5, 0.6) is 0 Å². The second kappa shape index (κ2) is 8.59. The van der Waals surface area contributed by atoms with Crippen LogP contribution in [0.25, 0.3) is 0 Å². The second-order valence-corrected chi connectivity index (χ2v) is 9.82. The van der Waals surface area contributed by atoms with Crippen LogP contribution in [0.4, 0.5) is 5.95 Å². The molecule has 1 amide bonds. The minimum Gasteiger partial charge on any atom is -0.424 e. The number of nitrogens with one attached hydrogen (secondary N) is 4. The smallest absolute Gasteiger partial charge is 0.232 e. The molecule has 0 fully saturated rings. The highest BCUT2D eigenvalue weighted by molar-refractivity contribution is 5.78. The summed E-state index contributed by atoms with van der Waals surface area (Å²) in [5.74, 6) is 1.39. The molecular formula is C25H27N9O2. The van der Waals surface area contributed by atoms with E-state index in [4.69, 9.17) is 9.40 Å². The first-order chi connectivity index (χ1) is 17.7. The summed E-state index contributed by atoms with van der Waals surface area (Å²) in [6.07, 6.45) is 6.43. The van der Waals surface area contributed by atoms with Crippen LogP contribution in [-0.4, -0.2) is 50.1 Å². The molecule has 11 nitrogen and oxygen atoms in total. The zero-order chi connectivity index (χ0) is 24.1. The summed E-state index contributed by atoms with van der Waals surface area (Å²) in [5, 5.41) is 12.0. The van der Waals surface area contributed by atoms with Crippen LogP contribution in [0.2, 0.25) is 0 Å². The summed E-state index contributed by atoms with van der Waals surface area (Å²) in [7, 11) is 0. The Labute approximate surface area is 207 Å². The van der Waals surface area contributed by atoms with Crippen molar-refractivity contribution in [2.24, 2.45) is 0 Å². The highest BCUT2D eigenvalue weighted by Gasteiger charge is 2.32. The van der Waals surface area contributed by atoms with Crippen molar-refractivity contribution >= 4 is 11.9 Å². The normalized spacial score (nSPS) is 20.6. The van der Waals surface area contributed by atoms with Gasteiger partial charge in [0.05, 0.1) is 29.6 Å². The average Bonchev–Trinajstić information content (AvgIpc) is 3.68. The maximum Gasteiger partial charge on any atom is 0.232 e. The lowest BCUT2D eigenvalue weighted by molar-refractivity contribution is -0.130. The minimum atomic E-state index is -0.0804. The molecule has 1 atom stereocenters. The zero-order valence-corrected chi connectivity index (χ0v) is 19.8. The molecule has 0 saturated carbocycles. The van der Waals surface area contributed by atoms with E-state index < -0.39 is 0 Å². The molecule has 0 bridgehead atoms. The maximum absolute atomic E-state index is 12.9. The van der Waals surface area contributed by atoms with Crippen LogP contribution < -0.4 is 21.7 Å². The monoisotopic (exact) mass is 485 g/mol. The van der Waals surface area contributed by atoms with Crippen molar-refractivity contribution in [2.45, 2.75) is 50.5 Å². The molecular weight excluding hydrogens is 458 g/mol. The molecule has 0 unspecified atom stereocenters. The van der Waals surface area contributed by atoms with Crippen LogP contribution >= 0.6 is 0 Å². The van der Waals surface area contributed by atoms with Gasteiger partial charge in [0.1, 0.15) is 6.42 Å². The number of carbonyl (C=O) groups is 1. The fourth-order valence-corrected chi connectivity index (χ4v) is 5.64. The van der Waals surface area contributed by atoms with E-state index in [2.05, 4.69) is 61.1 Å². The molecule has 7 rings (SSSR count). The van der Waals surface area contributed by atoms with Gasteiger partial charge in [0.2, 0.25) is 23.6 Å². The Morgan fingerprint density at radius 3 is 2.78 bits per heavy atom. The summed E-state index contributed by atoms with van der Waals surface area (Å²) in [4.78, 5) is 24.1. The van der Waals surface area contributed by atoms with Gasteiger partial charge in [-0.3, -0.25) is 4.79 Å². The lowest BCUT2D eigenvalue weighted by atomic mass is 10.1. The predicted molar refractivity (Wildman–Crippen MR) is 129 cm³/mol. The summed E-state index contributed by atoms with van der Waals surface area (Å²) in [6, 6.07) is 8.84. The highest BCUT2D eigenvalue weighted by Crippen LogP contribution is 2.36. The Kier molecular flexibility index (Phi) is 5.09. The first kappa shape index (κ1) is 21.3. The average molecular weight is 486 g/mol. The molecule has 3 aromatic rings. The van der Waals surface area contributed by atoms with Crippen LogP contribution in [0.1, 0.15) is 52.9 Å². The Morgan fingerprint density at radius 1 is 1.08 bits per heavy atom. The van der Waals surface area contributed by atoms with Crippen molar-refractivity contribution in [3.05, 3.63) is 76.0 Å². The molecule has 4 aliphatic rings. The molecule has 0 saturated heterocycles. The van der Waals surface area contributed by atoms with Gasteiger partial charge in [0.15, 0.2) is 0 Å². The third kappa shape index (κ3) is 3.85. The molecule has 4 N–H and O–H groups in total. The summed E-state index contributed by atoms with van der Waals surface area (Å²) in [6.45, 7) is 1.19. The molecule has 0 spiro atoms. The molecule has 184 valence electrons. The number of anilines is 1. The van der Waals surface area contributed by atoms with Gasteiger partial charge >= 0.3 is 0 Å². The molecule has 0 radical (unpaired) electrons. The van der Waals surface area contributed by atoms with Gasteiger partial charge in [0, 0.05) is 25.2 Å². The SMILES string of the molecule is O=C(Cc1nnc([C@@H]2CCc3cnc(NC4Cc5ccccc5C4)nc32)o1)N1CCC2=C(C1)NNN2. The van der Waals surface area contributed by atoms with Gasteiger partial charge in [-0.05, 0) is 42.4 Å². The van der Waals surface area contributed by atoms with Crippen molar-refractivity contribution in [2.75, 3.05) is 18.4 Å². The lowest BCUT2D eigenvalue weighted by Gasteiger charge is -2.26. The second-order valence-electron chi connectivity index (χ2n) is 9.82. The van der Waals surface area contributed by atoms with E-state index in [1.807, 2.05) is 11.1 Å². The van der Waals surface area contributed by atoms with Crippen LogP contribution in [0, 0.1) is 0 Å². The fraction of sp³-hybridized carbons (Fsp3) is 0.400. The topological polar surface area (TPSA) is 133 Å². The van der Waals surface area contributed by atoms with E-state index in [-0.39, 0.29) is 24.3 Å². The van der Waals surface area contributed by atoms with Gasteiger partial charge in [-0.1, -0.05) is 24.3 Å². The number of hydrazine groups is 2. The number of fused-ring (bicyclic) bond motifs is 2. The third-order valence-corrected chi connectivity index (χ3v) is 7.52. The van der Waals surface area contributed by atoms with Gasteiger partial charge in [-0.2, -0.15) is 5.53 Å². The number of amides is 1. The number of hydrogen-bond donors (Lipinski definition) is 4. The van der Waals surface area contributed by atoms with E-state index in [1.54, 1.807) is 0 Å². The Morgan fingerprint density at radius 2 is 1.92 bits per heavy atom. The van der Waals surface area contributed by atoms with Gasteiger partial charge in [0.25, 0.3) is 0 Å². The standard InChI is InChI=1S/C25H27N9O2/c35-22(34-8-7-19-20(13-34)30-33-29-19)11-21-31-32-24(36-21)18-6-5-16-12-26-25(28-23(16)18)27-17-9-14-3-1-2-4-15(14)10-17/h1-4,12,17-18,29-30,33H,5-11,13H2,(H,26,27,28)/t18-/m1/s1. The number of nitrogens with zero attached hydrogens (tertiary/aromatic N) is 5. The lowest BCUT2D eigenvalue weighted by Crippen LogP contribution is -2.40. The van der Waals surface area contributed by atoms with E-state index in [1.165, 1.54) is 11.1 Å². The molecule has 2 aliphatic carbocycles. The minimum absolute atomic E-state index is 0.0244. The quantitative estimate of drug-likeness (QED) is 0.417. The Hall–Kier alpha value is -3.99. The number of aryl methyl sites for hydroxylation is 1. The molecule has 1 aromatic carbocycles. The molecule has 4 heterocycles. The highest BCUT2D eigenvalue weighted by atomic mass is 16.4. The fourth-order valence-electron chi connectivity index (χ4n) is 5.64. The molecule has 2 aliphatic heterocycles. The predicted octanol–water partition coefficient (Wildman–Crippen LogP) is 1.12.